The Morgan fingerprint density at radius 3 is 2.65 bits per heavy atom. The molecule has 6 heteroatoms. The van der Waals surface area contributed by atoms with E-state index in [-0.39, 0.29) is 17.4 Å². The molecule has 86 valence electrons. The van der Waals surface area contributed by atoms with Gasteiger partial charge in [0.15, 0.2) is 5.69 Å². The van der Waals surface area contributed by atoms with Crippen LogP contribution in [0.3, 0.4) is 0 Å². The lowest BCUT2D eigenvalue weighted by Crippen LogP contribution is -2.28. The van der Waals surface area contributed by atoms with Crippen LogP contribution in [0.2, 0.25) is 0 Å². The summed E-state index contributed by atoms with van der Waals surface area (Å²) in [7, 11) is 1.63. The maximum absolute atomic E-state index is 12.0. The molecule has 2 aromatic heterocycles. The predicted octanol–water partition coefficient (Wildman–Crippen LogP) is 0.730. The van der Waals surface area contributed by atoms with Crippen LogP contribution in [0.4, 0.5) is 11.6 Å². The van der Waals surface area contributed by atoms with E-state index in [1.54, 1.807) is 31.4 Å². The molecular formula is C11H11N5O. The fourth-order valence-electron chi connectivity index (χ4n) is 1.28. The van der Waals surface area contributed by atoms with Crippen molar-refractivity contribution in [2.45, 2.75) is 0 Å². The van der Waals surface area contributed by atoms with Crippen molar-refractivity contribution in [1.29, 1.82) is 0 Å². The van der Waals surface area contributed by atoms with Crippen molar-refractivity contribution in [2.75, 3.05) is 17.7 Å². The molecule has 0 saturated carbocycles. The molecule has 17 heavy (non-hydrogen) atoms. The van der Waals surface area contributed by atoms with Crippen LogP contribution in [0, 0.1) is 0 Å². The van der Waals surface area contributed by atoms with Crippen LogP contribution in [-0.4, -0.2) is 28.1 Å². The summed E-state index contributed by atoms with van der Waals surface area (Å²) in [5.41, 5.74) is 5.63. The van der Waals surface area contributed by atoms with Gasteiger partial charge in [-0.25, -0.2) is 4.98 Å². The molecule has 0 aliphatic carbocycles. The molecule has 2 aromatic rings. The number of nitrogens with zero attached hydrogens (tertiary/aromatic N) is 4. The molecule has 0 atom stereocenters. The summed E-state index contributed by atoms with van der Waals surface area (Å²) in [6, 6.07) is 8.39. The Morgan fingerprint density at radius 1 is 1.24 bits per heavy atom. The van der Waals surface area contributed by atoms with E-state index in [1.165, 1.54) is 17.0 Å². The number of nitrogen functional groups attached to an aromatic ring is 1. The van der Waals surface area contributed by atoms with Gasteiger partial charge in [0.2, 0.25) is 0 Å². The van der Waals surface area contributed by atoms with E-state index < -0.39 is 0 Å². The topological polar surface area (TPSA) is 85.0 Å². The van der Waals surface area contributed by atoms with Crippen molar-refractivity contribution in [3.8, 4) is 0 Å². The Kier molecular flexibility index (Phi) is 2.95. The number of aromatic nitrogens is 3. The second-order valence-electron chi connectivity index (χ2n) is 3.40. The number of rotatable bonds is 2. The van der Waals surface area contributed by atoms with Gasteiger partial charge >= 0.3 is 0 Å². The Labute approximate surface area is 98.1 Å². The molecule has 6 nitrogen and oxygen atoms in total. The summed E-state index contributed by atoms with van der Waals surface area (Å²) in [6.45, 7) is 0. The van der Waals surface area contributed by atoms with Gasteiger partial charge in [0.05, 0.1) is 0 Å². The van der Waals surface area contributed by atoms with Crippen molar-refractivity contribution in [1.82, 2.24) is 15.2 Å². The maximum Gasteiger partial charge on any atom is 0.279 e. The molecule has 0 aliphatic heterocycles. The highest BCUT2D eigenvalue weighted by molar-refractivity contribution is 6.03. The predicted molar refractivity (Wildman–Crippen MR) is 63.4 cm³/mol. The standard InChI is InChI=1S/C11H11N5O/c1-16(10-4-2-3-7-13-10)11(17)8-5-6-9(12)15-14-8/h2-7H,1H3,(H2,12,15). The van der Waals surface area contributed by atoms with Gasteiger partial charge in [0.25, 0.3) is 5.91 Å². The number of hydrogen-bond donors (Lipinski definition) is 1. The fourth-order valence-corrected chi connectivity index (χ4v) is 1.28. The van der Waals surface area contributed by atoms with Crippen molar-refractivity contribution in [2.24, 2.45) is 0 Å². The highest BCUT2D eigenvalue weighted by Crippen LogP contribution is 2.10. The Hall–Kier alpha value is -2.50. The van der Waals surface area contributed by atoms with Crippen LogP contribution in [-0.2, 0) is 0 Å². The summed E-state index contributed by atoms with van der Waals surface area (Å²) in [5.74, 6) is 0.550. The second kappa shape index (κ2) is 4.56. The first-order valence-corrected chi connectivity index (χ1v) is 4.97. The van der Waals surface area contributed by atoms with Crippen molar-refractivity contribution in [3.05, 3.63) is 42.2 Å². The minimum atomic E-state index is -0.281. The Bertz CT molecular complexity index is 511. The summed E-state index contributed by atoms with van der Waals surface area (Å²) in [5, 5.41) is 7.37. The summed E-state index contributed by atoms with van der Waals surface area (Å²) >= 11 is 0. The van der Waals surface area contributed by atoms with E-state index in [0.717, 1.165) is 0 Å². The zero-order valence-electron chi connectivity index (χ0n) is 9.24. The number of nitrogens with two attached hydrogens (primary N) is 1. The molecule has 0 aliphatic rings. The first-order chi connectivity index (χ1) is 8.18. The van der Waals surface area contributed by atoms with Crippen molar-refractivity contribution < 1.29 is 4.79 Å². The minimum Gasteiger partial charge on any atom is -0.382 e. The lowest BCUT2D eigenvalue weighted by atomic mass is 10.3. The molecule has 1 amide bonds. The molecule has 2 heterocycles. The summed E-state index contributed by atoms with van der Waals surface area (Å²) < 4.78 is 0. The minimum absolute atomic E-state index is 0.229. The van der Waals surface area contributed by atoms with Crippen LogP contribution < -0.4 is 10.6 Å². The lowest BCUT2D eigenvalue weighted by molar-refractivity contribution is 0.0986. The third kappa shape index (κ3) is 2.36. The molecular weight excluding hydrogens is 218 g/mol. The molecule has 2 rings (SSSR count). The number of pyridine rings is 1. The van der Waals surface area contributed by atoms with Crippen LogP contribution in [0.25, 0.3) is 0 Å². The molecule has 0 aromatic carbocycles. The SMILES string of the molecule is CN(C(=O)c1ccc(N)nn1)c1ccccn1. The molecule has 0 saturated heterocycles. The highest BCUT2D eigenvalue weighted by Gasteiger charge is 2.15. The molecule has 0 radical (unpaired) electrons. The monoisotopic (exact) mass is 229 g/mol. The molecule has 0 unspecified atom stereocenters. The van der Waals surface area contributed by atoms with Crippen LogP contribution in [0.15, 0.2) is 36.5 Å². The van der Waals surface area contributed by atoms with Crippen molar-refractivity contribution >= 4 is 17.5 Å². The van der Waals surface area contributed by atoms with Crippen molar-refractivity contribution in [3.63, 3.8) is 0 Å². The van der Waals surface area contributed by atoms with Gasteiger partial charge in [0.1, 0.15) is 11.6 Å². The van der Waals surface area contributed by atoms with Gasteiger partial charge in [-0.05, 0) is 24.3 Å². The third-order valence-electron chi connectivity index (χ3n) is 2.20. The molecule has 0 bridgehead atoms. The van der Waals surface area contributed by atoms with Crippen LogP contribution in [0.5, 0.6) is 0 Å². The fraction of sp³-hybridized carbons (Fsp3) is 0.0909. The average Bonchev–Trinajstić information content (AvgIpc) is 2.39. The van der Waals surface area contributed by atoms with Gasteiger partial charge in [-0.1, -0.05) is 6.07 Å². The quantitative estimate of drug-likeness (QED) is 0.820. The van der Waals surface area contributed by atoms with Crippen LogP contribution in [0.1, 0.15) is 10.5 Å². The molecule has 0 spiro atoms. The Morgan fingerprint density at radius 2 is 2.06 bits per heavy atom. The van der Waals surface area contributed by atoms with E-state index in [4.69, 9.17) is 5.73 Å². The first kappa shape index (κ1) is 11.0. The summed E-state index contributed by atoms with van der Waals surface area (Å²) in [4.78, 5) is 17.5. The number of hydrogen-bond acceptors (Lipinski definition) is 5. The van der Waals surface area contributed by atoms with Crippen LogP contribution >= 0.6 is 0 Å². The second-order valence-corrected chi connectivity index (χ2v) is 3.40. The summed E-state index contributed by atoms with van der Waals surface area (Å²) in [6.07, 6.45) is 1.62. The zero-order valence-corrected chi connectivity index (χ0v) is 9.24. The lowest BCUT2D eigenvalue weighted by Gasteiger charge is -2.14. The van der Waals surface area contributed by atoms with Gasteiger partial charge in [-0.2, -0.15) is 0 Å². The van der Waals surface area contributed by atoms with E-state index >= 15 is 0 Å². The smallest absolute Gasteiger partial charge is 0.279 e. The van der Waals surface area contributed by atoms with Gasteiger partial charge in [-0.3, -0.25) is 9.69 Å². The third-order valence-corrected chi connectivity index (χ3v) is 2.20. The normalized spacial score (nSPS) is 9.94. The first-order valence-electron chi connectivity index (χ1n) is 4.97. The zero-order chi connectivity index (χ0) is 12.3. The van der Waals surface area contributed by atoms with E-state index in [9.17, 15) is 4.79 Å². The van der Waals surface area contributed by atoms with E-state index in [2.05, 4.69) is 15.2 Å². The Balaban J connectivity index is 2.23. The number of amides is 1. The van der Waals surface area contributed by atoms with Gasteiger partial charge < -0.3 is 5.73 Å². The van der Waals surface area contributed by atoms with E-state index in [1.807, 2.05) is 0 Å². The number of anilines is 2. The average molecular weight is 229 g/mol. The van der Waals surface area contributed by atoms with Gasteiger partial charge in [0, 0.05) is 13.2 Å². The molecule has 0 fully saturated rings. The maximum atomic E-state index is 12.0. The highest BCUT2D eigenvalue weighted by atomic mass is 16.2. The molecule has 2 N–H and O–H groups in total. The number of carbonyl (C=O) groups is 1. The largest absolute Gasteiger partial charge is 0.382 e. The van der Waals surface area contributed by atoms with Gasteiger partial charge in [-0.15, -0.1) is 10.2 Å². The number of carbonyl (C=O) groups excluding carboxylic acids is 1. The van der Waals surface area contributed by atoms with E-state index in [0.29, 0.717) is 5.82 Å².